The highest BCUT2D eigenvalue weighted by Crippen LogP contribution is 2.40. The fourth-order valence-electron chi connectivity index (χ4n) is 3.30. The molecule has 1 aliphatic carbocycles. The lowest BCUT2D eigenvalue weighted by molar-refractivity contribution is -0.127. The average Bonchev–Trinajstić information content (AvgIpc) is 2.81. The van der Waals surface area contributed by atoms with Crippen LogP contribution in [0, 0.1) is 0 Å². The van der Waals surface area contributed by atoms with Gasteiger partial charge in [0.05, 0.1) is 21.8 Å². The van der Waals surface area contributed by atoms with E-state index in [1.165, 1.54) is 11.1 Å². The van der Waals surface area contributed by atoms with Gasteiger partial charge >= 0.3 is 0 Å². The Kier molecular flexibility index (Phi) is 2.70. The number of carbonyl (C=O) groups excluding carboxylic acids is 1. The summed E-state index contributed by atoms with van der Waals surface area (Å²) >= 11 is 1.69. The van der Waals surface area contributed by atoms with E-state index in [4.69, 9.17) is 0 Å². The number of nitrogens with one attached hydrogen (secondary N) is 2. The van der Waals surface area contributed by atoms with E-state index in [0.29, 0.717) is 12.5 Å². The van der Waals surface area contributed by atoms with Gasteiger partial charge in [-0.2, -0.15) is 0 Å². The molecule has 1 aliphatic heterocycles. The lowest BCUT2D eigenvalue weighted by Gasteiger charge is -2.50. The number of fused-ring (bicyclic) bond motifs is 1. The van der Waals surface area contributed by atoms with Crippen molar-refractivity contribution in [3.8, 4) is 0 Å². The Balaban J connectivity index is 1.59. The van der Waals surface area contributed by atoms with E-state index >= 15 is 0 Å². The summed E-state index contributed by atoms with van der Waals surface area (Å²) in [5.41, 5.74) is 1.02. The number of aromatic nitrogens is 1. The van der Waals surface area contributed by atoms with Crippen molar-refractivity contribution in [3.63, 3.8) is 0 Å². The van der Waals surface area contributed by atoms with Crippen LogP contribution >= 0.6 is 11.3 Å². The lowest BCUT2D eigenvalue weighted by atomic mass is 9.68. The van der Waals surface area contributed by atoms with Crippen molar-refractivity contribution < 1.29 is 4.79 Å². The quantitative estimate of drug-likeness (QED) is 0.893. The van der Waals surface area contributed by atoms with E-state index in [2.05, 4.69) is 21.7 Å². The number of nitrogens with zero attached hydrogens (tertiary/aromatic N) is 1. The summed E-state index contributed by atoms with van der Waals surface area (Å²) in [6.45, 7) is 0. The Hall–Kier alpha value is -1.62. The fourth-order valence-corrected chi connectivity index (χ4v) is 4.22. The van der Waals surface area contributed by atoms with Gasteiger partial charge in [0.1, 0.15) is 0 Å². The number of thiazole rings is 1. The number of hydrogen-bond acceptors (Lipinski definition) is 4. The molecule has 2 heterocycles. The maximum absolute atomic E-state index is 11.7. The van der Waals surface area contributed by atoms with E-state index in [9.17, 15) is 4.79 Å². The largest absolute Gasteiger partial charge is 0.356 e. The molecular weight excluding hydrogens is 270 g/mol. The van der Waals surface area contributed by atoms with E-state index in [0.717, 1.165) is 29.9 Å². The van der Waals surface area contributed by atoms with Crippen LogP contribution in [0.2, 0.25) is 0 Å². The predicted molar refractivity (Wildman–Crippen MR) is 81.0 cm³/mol. The second kappa shape index (κ2) is 4.45. The van der Waals surface area contributed by atoms with Crippen molar-refractivity contribution in [1.82, 2.24) is 10.3 Å². The fraction of sp³-hybridized carbons (Fsp3) is 0.467. The molecule has 0 radical (unpaired) electrons. The van der Waals surface area contributed by atoms with Crippen LogP contribution in [0.1, 0.15) is 32.1 Å². The molecule has 2 aromatic rings. The van der Waals surface area contributed by atoms with E-state index < -0.39 is 0 Å². The van der Waals surface area contributed by atoms with E-state index in [-0.39, 0.29) is 11.4 Å². The van der Waals surface area contributed by atoms with Crippen LogP contribution in [-0.2, 0) is 4.79 Å². The summed E-state index contributed by atoms with van der Waals surface area (Å²) in [4.78, 5) is 16.3. The summed E-state index contributed by atoms with van der Waals surface area (Å²) in [7, 11) is 0. The Morgan fingerprint density at radius 2 is 2.20 bits per heavy atom. The van der Waals surface area contributed by atoms with Gasteiger partial charge in [-0.15, -0.1) is 0 Å². The first-order chi connectivity index (χ1) is 9.75. The third-order valence-electron chi connectivity index (χ3n) is 4.55. The molecule has 1 amide bonds. The molecule has 2 fully saturated rings. The topological polar surface area (TPSA) is 54.0 Å². The maximum atomic E-state index is 11.7. The number of hydrogen-bond donors (Lipinski definition) is 2. The first kappa shape index (κ1) is 12.1. The molecule has 1 atom stereocenters. The van der Waals surface area contributed by atoms with Crippen LogP contribution in [0.4, 0.5) is 5.13 Å². The molecule has 1 saturated heterocycles. The van der Waals surface area contributed by atoms with Crippen molar-refractivity contribution >= 4 is 32.6 Å². The van der Waals surface area contributed by atoms with Crippen LogP contribution in [0.25, 0.3) is 10.2 Å². The monoisotopic (exact) mass is 287 g/mol. The smallest absolute Gasteiger partial charge is 0.220 e. The lowest BCUT2D eigenvalue weighted by Crippen LogP contribution is -2.66. The van der Waals surface area contributed by atoms with Gasteiger partial charge in [-0.3, -0.25) is 4.79 Å². The van der Waals surface area contributed by atoms with Gasteiger partial charge in [0.2, 0.25) is 5.91 Å². The van der Waals surface area contributed by atoms with Gasteiger partial charge in [-0.05, 0) is 37.8 Å². The minimum absolute atomic E-state index is 0.0206. The summed E-state index contributed by atoms with van der Waals surface area (Å²) in [6, 6.07) is 8.51. The Morgan fingerprint density at radius 1 is 1.35 bits per heavy atom. The molecule has 5 heteroatoms. The van der Waals surface area contributed by atoms with Crippen molar-refractivity contribution in [2.45, 2.75) is 43.7 Å². The second-order valence-electron chi connectivity index (χ2n) is 5.78. The number of piperidine rings is 1. The van der Waals surface area contributed by atoms with E-state index in [1.807, 2.05) is 18.2 Å². The first-order valence-corrected chi connectivity index (χ1v) is 8.00. The van der Waals surface area contributed by atoms with Crippen LogP contribution in [0.5, 0.6) is 0 Å². The number of rotatable bonds is 2. The molecule has 4 rings (SSSR count). The summed E-state index contributed by atoms with van der Waals surface area (Å²) in [5.74, 6) is 0.201. The number of anilines is 1. The molecule has 2 N–H and O–H groups in total. The molecule has 0 bridgehead atoms. The molecule has 1 saturated carbocycles. The van der Waals surface area contributed by atoms with Gasteiger partial charge in [0.25, 0.3) is 0 Å². The number of benzene rings is 1. The van der Waals surface area contributed by atoms with Gasteiger partial charge in [-0.1, -0.05) is 23.5 Å². The standard InChI is InChI=1S/C15H17N3OS/c19-13-7-6-12(15(18-13)8-3-9-15)17-14-16-10-4-1-2-5-11(10)20-14/h1-2,4-5,12H,3,6-9H2,(H,16,17)(H,18,19). The molecule has 1 spiro atoms. The normalized spacial score (nSPS) is 24.4. The highest BCUT2D eigenvalue weighted by atomic mass is 32.1. The number of carbonyl (C=O) groups is 1. The maximum Gasteiger partial charge on any atom is 0.220 e. The SMILES string of the molecule is O=C1CCC(Nc2nc3ccccc3s2)C2(CCC2)N1. The van der Waals surface area contributed by atoms with Crippen molar-refractivity contribution in [1.29, 1.82) is 0 Å². The minimum Gasteiger partial charge on any atom is -0.356 e. The average molecular weight is 287 g/mol. The highest BCUT2D eigenvalue weighted by Gasteiger charge is 2.47. The Bertz CT molecular complexity index is 629. The van der Waals surface area contributed by atoms with Crippen LogP contribution in [0.15, 0.2) is 24.3 Å². The van der Waals surface area contributed by atoms with Crippen LogP contribution in [-0.4, -0.2) is 22.5 Å². The van der Waals surface area contributed by atoms with Crippen LogP contribution in [0.3, 0.4) is 0 Å². The number of amides is 1. The van der Waals surface area contributed by atoms with Crippen molar-refractivity contribution in [2.75, 3.05) is 5.32 Å². The van der Waals surface area contributed by atoms with Gasteiger partial charge in [-0.25, -0.2) is 4.98 Å². The van der Waals surface area contributed by atoms with Crippen molar-refractivity contribution in [3.05, 3.63) is 24.3 Å². The highest BCUT2D eigenvalue weighted by molar-refractivity contribution is 7.22. The Morgan fingerprint density at radius 3 is 2.95 bits per heavy atom. The molecule has 104 valence electrons. The molecule has 1 aromatic heterocycles. The molecule has 1 unspecified atom stereocenters. The Labute approximate surface area is 121 Å². The molecular formula is C15H17N3OS. The van der Waals surface area contributed by atoms with Gasteiger partial charge in [0, 0.05) is 6.42 Å². The zero-order valence-electron chi connectivity index (χ0n) is 11.2. The van der Waals surface area contributed by atoms with Gasteiger partial charge < -0.3 is 10.6 Å². The zero-order valence-corrected chi connectivity index (χ0v) is 12.0. The molecule has 4 nitrogen and oxygen atoms in total. The molecule has 20 heavy (non-hydrogen) atoms. The molecule has 2 aliphatic rings. The third-order valence-corrected chi connectivity index (χ3v) is 5.52. The third kappa shape index (κ3) is 1.88. The summed E-state index contributed by atoms with van der Waals surface area (Å²) < 4.78 is 1.21. The summed E-state index contributed by atoms with van der Waals surface area (Å²) in [5, 5.41) is 7.76. The second-order valence-corrected chi connectivity index (χ2v) is 6.81. The zero-order chi connectivity index (χ0) is 13.6. The van der Waals surface area contributed by atoms with E-state index in [1.54, 1.807) is 11.3 Å². The first-order valence-electron chi connectivity index (χ1n) is 7.18. The van der Waals surface area contributed by atoms with Crippen molar-refractivity contribution in [2.24, 2.45) is 0 Å². The number of para-hydroxylation sites is 1. The molecule has 1 aromatic carbocycles. The summed E-state index contributed by atoms with van der Waals surface area (Å²) in [6.07, 6.45) is 4.90. The van der Waals surface area contributed by atoms with Gasteiger partial charge in [0.15, 0.2) is 5.13 Å². The van der Waals surface area contributed by atoms with Crippen LogP contribution < -0.4 is 10.6 Å². The minimum atomic E-state index is -0.0206. The predicted octanol–water partition coefficient (Wildman–Crippen LogP) is 2.91.